The summed E-state index contributed by atoms with van der Waals surface area (Å²) < 4.78 is 0. The second-order valence-electron chi connectivity index (χ2n) is 4.23. The third-order valence-corrected chi connectivity index (χ3v) is 2.92. The van der Waals surface area contributed by atoms with Crippen LogP contribution in [0.5, 0.6) is 0 Å². The van der Waals surface area contributed by atoms with Gasteiger partial charge in [0.2, 0.25) is 0 Å². The Balaban J connectivity index is 2.53. The molecule has 0 spiro atoms. The number of rotatable bonds is 4. The molecule has 76 valence electrons. The second-order valence-corrected chi connectivity index (χ2v) is 4.23. The highest BCUT2D eigenvalue weighted by Gasteiger charge is 2.36. The van der Waals surface area contributed by atoms with Crippen LogP contribution in [0.3, 0.4) is 0 Å². The number of nitrogens with zero attached hydrogens (tertiary/aromatic N) is 1. The summed E-state index contributed by atoms with van der Waals surface area (Å²) in [5.74, 6) is 0.261. The highest BCUT2D eigenvalue weighted by atomic mass is 16.4. The number of carbonyl (C=O) groups is 1. The Morgan fingerprint density at radius 1 is 1.62 bits per heavy atom. The van der Waals surface area contributed by atoms with E-state index >= 15 is 0 Å². The van der Waals surface area contributed by atoms with Gasteiger partial charge in [0.15, 0.2) is 0 Å². The lowest BCUT2D eigenvalue weighted by Crippen LogP contribution is -2.56. The van der Waals surface area contributed by atoms with E-state index in [4.69, 9.17) is 5.11 Å². The Bertz CT molecular complexity index is 187. The maximum atomic E-state index is 11.0. The fourth-order valence-corrected chi connectivity index (χ4v) is 1.96. The number of hydrogen-bond acceptors (Lipinski definition) is 2. The standard InChI is InChI=1S/C10H19NO2/c1-4-8(3)9(10(12)13)11-5-7(2)6-11/h7-9H,4-6H2,1-3H3,(H,12,13). The van der Waals surface area contributed by atoms with Gasteiger partial charge in [0.25, 0.3) is 0 Å². The van der Waals surface area contributed by atoms with E-state index < -0.39 is 5.97 Å². The van der Waals surface area contributed by atoms with Gasteiger partial charge in [-0.05, 0) is 11.8 Å². The Morgan fingerprint density at radius 3 is 2.46 bits per heavy atom. The SMILES string of the molecule is CCC(C)C(C(=O)O)N1CC(C)C1. The van der Waals surface area contributed by atoms with Crippen molar-refractivity contribution in [1.29, 1.82) is 0 Å². The van der Waals surface area contributed by atoms with E-state index in [1.807, 2.05) is 13.8 Å². The molecule has 1 aliphatic heterocycles. The summed E-state index contributed by atoms with van der Waals surface area (Å²) in [4.78, 5) is 13.1. The number of carboxylic acids is 1. The number of likely N-dealkylation sites (tertiary alicyclic amines) is 1. The van der Waals surface area contributed by atoms with Gasteiger partial charge in [-0.25, -0.2) is 0 Å². The third-order valence-electron chi connectivity index (χ3n) is 2.92. The van der Waals surface area contributed by atoms with Crippen molar-refractivity contribution < 1.29 is 9.90 Å². The summed E-state index contributed by atoms with van der Waals surface area (Å²) in [5.41, 5.74) is 0. The van der Waals surface area contributed by atoms with Crippen LogP contribution in [-0.2, 0) is 4.79 Å². The Kier molecular flexibility index (Phi) is 3.31. The average Bonchev–Trinajstić information content (AvgIpc) is 2.00. The third kappa shape index (κ3) is 2.21. The number of carboxylic acid groups (broad SMARTS) is 1. The first kappa shape index (κ1) is 10.5. The van der Waals surface area contributed by atoms with Crippen molar-refractivity contribution in [1.82, 2.24) is 4.90 Å². The molecule has 3 nitrogen and oxygen atoms in total. The number of hydrogen-bond donors (Lipinski definition) is 1. The zero-order valence-electron chi connectivity index (χ0n) is 8.66. The van der Waals surface area contributed by atoms with Crippen LogP contribution in [0.4, 0.5) is 0 Å². The molecule has 0 aromatic carbocycles. The monoisotopic (exact) mass is 185 g/mol. The summed E-state index contributed by atoms with van der Waals surface area (Å²) in [5, 5.41) is 9.05. The molecule has 0 bridgehead atoms. The van der Waals surface area contributed by atoms with Crippen LogP contribution < -0.4 is 0 Å². The lowest BCUT2D eigenvalue weighted by molar-refractivity contribution is -0.148. The molecule has 1 rings (SSSR count). The van der Waals surface area contributed by atoms with Crippen molar-refractivity contribution in [2.24, 2.45) is 11.8 Å². The molecule has 0 aliphatic carbocycles. The quantitative estimate of drug-likeness (QED) is 0.720. The van der Waals surface area contributed by atoms with E-state index in [0.717, 1.165) is 19.5 Å². The van der Waals surface area contributed by atoms with E-state index in [9.17, 15) is 4.79 Å². The smallest absolute Gasteiger partial charge is 0.321 e. The highest BCUT2D eigenvalue weighted by molar-refractivity contribution is 5.74. The minimum atomic E-state index is -0.666. The van der Waals surface area contributed by atoms with Crippen LogP contribution in [0.25, 0.3) is 0 Å². The van der Waals surface area contributed by atoms with E-state index in [0.29, 0.717) is 5.92 Å². The molecule has 2 atom stereocenters. The van der Waals surface area contributed by atoms with Crippen molar-refractivity contribution >= 4 is 5.97 Å². The Morgan fingerprint density at radius 2 is 2.15 bits per heavy atom. The molecule has 2 unspecified atom stereocenters. The lowest BCUT2D eigenvalue weighted by Gasteiger charge is -2.43. The van der Waals surface area contributed by atoms with Crippen LogP contribution in [0.15, 0.2) is 0 Å². The van der Waals surface area contributed by atoms with Crippen LogP contribution in [0.2, 0.25) is 0 Å². The van der Waals surface area contributed by atoms with Crippen molar-refractivity contribution in [3.63, 3.8) is 0 Å². The molecule has 1 fully saturated rings. The molecule has 1 saturated heterocycles. The van der Waals surface area contributed by atoms with Gasteiger partial charge in [-0.2, -0.15) is 0 Å². The minimum Gasteiger partial charge on any atom is -0.480 e. The first-order valence-electron chi connectivity index (χ1n) is 5.03. The number of aliphatic carboxylic acids is 1. The normalized spacial score (nSPS) is 23.6. The topological polar surface area (TPSA) is 40.5 Å². The van der Waals surface area contributed by atoms with Crippen LogP contribution in [0.1, 0.15) is 27.2 Å². The highest BCUT2D eigenvalue weighted by Crippen LogP contribution is 2.23. The first-order valence-corrected chi connectivity index (χ1v) is 5.03. The van der Waals surface area contributed by atoms with Gasteiger partial charge in [0.05, 0.1) is 0 Å². The van der Waals surface area contributed by atoms with Gasteiger partial charge in [-0.1, -0.05) is 27.2 Å². The summed E-state index contributed by atoms with van der Waals surface area (Å²) >= 11 is 0. The van der Waals surface area contributed by atoms with Gasteiger partial charge in [-0.3, -0.25) is 9.69 Å². The molecule has 0 aromatic heterocycles. The molecule has 0 saturated carbocycles. The zero-order valence-corrected chi connectivity index (χ0v) is 8.66. The predicted octanol–water partition coefficient (Wildman–Crippen LogP) is 1.44. The second kappa shape index (κ2) is 4.09. The summed E-state index contributed by atoms with van der Waals surface area (Å²) in [6.45, 7) is 8.11. The molecule has 3 heteroatoms. The van der Waals surface area contributed by atoms with Gasteiger partial charge < -0.3 is 5.11 Å². The summed E-state index contributed by atoms with van der Waals surface area (Å²) in [6, 6.07) is -0.263. The van der Waals surface area contributed by atoms with Crippen LogP contribution in [0, 0.1) is 11.8 Å². The molecule has 1 N–H and O–H groups in total. The molecule has 0 amide bonds. The van der Waals surface area contributed by atoms with Crippen molar-refractivity contribution in [2.45, 2.75) is 33.2 Å². The summed E-state index contributed by atoms with van der Waals surface area (Å²) in [7, 11) is 0. The van der Waals surface area contributed by atoms with E-state index in [1.54, 1.807) is 0 Å². The Hall–Kier alpha value is -0.570. The van der Waals surface area contributed by atoms with Crippen molar-refractivity contribution in [3.8, 4) is 0 Å². The van der Waals surface area contributed by atoms with Gasteiger partial charge >= 0.3 is 5.97 Å². The summed E-state index contributed by atoms with van der Waals surface area (Å²) in [6.07, 6.45) is 0.932. The fourth-order valence-electron chi connectivity index (χ4n) is 1.96. The van der Waals surface area contributed by atoms with Crippen molar-refractivity contribution in [2.75, 3.05) is 13.1 Å². The van der Waals surface area contributed by atoms with Gasteiger partial charge in [0, 0.05) is 13.1 Å². The van der Waals surface area contributed by atoms with Crippen LogP contribution >= 0.6 is 0 Å². The Labute approximate surface area is 79.7 Å². The fraction of sp³-hybridized carbons (Fsp3) is 0.900. The minimum absolute atomic E-state index is 0.255. The first-order chi connectivity index (χ1) is 6.06. The van der Waals surface area contributed by atoms with Gasteiger partial charge in [0.1, 0.15) is 6.04 Å². The molecule has 0 radical (unpaired) electrons. The maximum absolute atomic E-state index is 11.0. The van der Waals surface area contributed by atoms with Crippen LogP contribution in [-0.4, -0.2) is 35.1 Å². The van der Waals surface area contributed by atoms with Gasteiger partial charge in [-0.15, -0.1) is 0 Å². The predicted molar refractivity (Wildman–Crippen MR) is 51.6 cm³/mol. The molecule has 0 aromatic rings. The lowest BCUT2D eigenvalue weighted by atomic mass is 9.91. The zero-order chi connectivity index (χ0) is 10.0. The molecular weight excluding hydrogens is 166 g/mol. The maximum Gasteiger partial charge on any atom is 0.321 e. The molecule has 1 aliphatic rings. The van der Waals surface area contributed by atoms with E-state index in [1.165, 1.54) is 0 Å². The molecular formula is C10H19NO2. The molecule has 13 heavy (non-hydrogen) atoms. The van der Waals surface area contributed by atoms with E-state index in [-0.39, 0.29) is 12.0 Å². The average molecular weight is 185 g/mol. The molecule has 1 heterocycles. The largest absolute Gasteiger partial charge is 0.480 e. The van der Waals surface area contributed by atoms with Crippen molar-refractivity contribution in [3.05, 3.63) is 0 Å². The van der Waals surface area contributed by atoms with E-state index in [2.05, 4.69) is 11.8 Å².